The van der Waals surface area contributed by atoms with Crippen molar-refractivity contribution in [3.05, 3.63) is 59.7 Å². The summed E-state index contributed by atoms with van der Waals surface area (Å²) >= 11 is 0. The second-order valence-electron chi connectivity index (χ2n) is 3.65. The largest absolute Gasteiger partial charge is 3.00 e. The molecule has 0 spiro atoms. The molecule has 2 rings (SSSR count). The molecule has 0 fully saturated rings. The van der Waals surface area contributed by atoms with Crippen LogP contribution >= 0.6 is 0 Å². The Morgan fingerprint density at radius 3 is 2.39 bits per heavy atom. The number of halogens is 2. The van der Waals surface area contributed by atoms with Crippen molar-refractivity contribution in [2.24, 2.45) is 0 Å². The first-order valence-electron chi connectivity index (χ1n) is 5.24. The fourth-order valence-corrected chi connectivity index (χ4v) is 1.79. The Labute approximate surface area is 136 Å². The molecule has 0 heterocycles. The van der Waals surface area contributed by atoms with E-state index in [9.17, 15) is 0 Å². The Morgan fingerprint density at radius 1 is 1.22 bits per heavy atom. The molecule has 0 N–H and O–H groups in total. The van der Waals surface area contributed by atoms with Crippen LogP contribution in [0.4, 0.5) is 0 Å². The van der Waals surface area contributed by atoms with E-state index in [1.807, 2.05) is 6.07 Å². The van der Waals surface area contributed by atoms with Gasteiger partial charge in [-0.3, -0.25) is 6.08 Å². The molecule has 0 bridgehead atoms. The van der Waals surface area contributed by atoms with Gasteiger partial charge in [0.05, 0.1) is 6.10 Å². The Bertz CT molecular complexity index is 377. The van der Waals surface area contributed by atoms with Gasteiger partial charge in [-0.15, -0.1) is 6.42 Å². The van der Waals surface area contributed by atoms with Gasteiger partial charge in [-0.25, -0.2) is 6.08 Å². The number of benzene rings is 1. The third-order valence-electron chi connectivity index (χ3n) is 2.62. The second-order valence-corrected chi connectivity index (χ2v) is 3.65. The average Bonchev–Trinajstić information content (AvgIpc) is 2.81. The molecule has 1 aromatic carbocycles. The van der Waals surface area contributed by atoms with Crippen LogP contribution in [0.25, 0.3) is 0 Å². The number of hydrogen-bond acceptors (Lipinski definition) is 1. The first-order valence-corrected chi connectivity index (χ1v) is 5.24. The van der Waals surface area contributed by atoms with Gasteiger partial charge in [-0.2, -0.15) is 11.6 Å². The van der Waals surface area contributed by atoms with Crippen molar-refractivity contribution < 1.29 is 51.3 Å². The van der Waals surface area contributed by atoms with Gasteiger partial charge in [0.1, 0.15) is 0 Å². The maximum absolute atomic E-state index is 5.49. The normalized spacial score (nSPS) is 13.7. The average molecular weight is 318 g/mol. The molecule has 0 aromatic heterocycles. The van der Waals surface area contributed by atoms with E-state index < -0.39 is 0 Å². The Morgan fingerprint density at radius 2 is 1.89 bits per heavy atom. The summed E-state index contributed by atoms with van der Waals surface area (Å²) in [6, 6.07) is 10.4. The molecule has 0 saturated carbocycles. The molecular formula is C14H15Cl2OTi. The summed E-state index contributed by atoms with van der Waals surface area (Å²) in [5.74, 6) is 0. The first kappa shape index (κ1) is 20.3. The molecule has 0 amide bonds. The van der Waals surface area contributed by atoms with Crippen LogP contribution in [0.2, 0.25) is 0 Å². The molecule has 0 saturated heterocycles. The van der Waals surface area contributed by atoms with E-state index in [1.54, 1.807) is 7.11 Å². The van der Waals surface area contributed by atoms with Crippen LogP contribution in [-0.4, -0.2) is 13.2 Å². The number of allylic oxidation sites excluding steroid dienone is 2. The van der Waals surface area contributed by atoms with Crippen LogP contribution in [0.3, 0.4) is 0 Å². The van der Waals surface area contributed by atoms with Crippen LogP contribution in [0.1, 0.15) is 12.0 Å². The van der Waals surface area contributed by atoms with Gasteiger partial charge in [0.2, 0.25) is 0 Å². The zero-order valence-electron chi connectivity index (χ0n) is 10.2. The van der Waals surface area contributed by atoms with Gasteiger partial charge in [0, 0.05) is 7.11 Å². The minimum atomic E-state index is 0. The molecule has 1 aromatic rings. The molecular weight excluding hydrogens is 303 g/mol. The number of hydrogen-bond donors (Lipinski definition) is 0. The monoisotopic (exact) mass is 317 g/mol. The van der Waals surface area contributed by atoms with Gasteiger partial charge in [0.25, 0.3) is 0 Å². The van der Waals surface area contributed by atoms with E-state index in [0.29, 0.717) is 0 Å². The van der Waals surface area contributed by atoms with E-state index in [0.717, 1.165) is 12.8 Å². The smallest absolute Gasteiger partial charge is 1.00 e. The van der Waals surface area contributed by atoms with Gasteiger partial charge in [-0.05, 0) is 12.0 Å². The molecule has 95 valence electrons. The fraction of sp³-hybridized carbons (Fsp3) is 0.286. The second kappa shape index (κ2) is 10.8. The minimum absolute atomic E-state index is 0. The third-order valence-corrected chi connectivity index (χ3v) is 2.62. The fourth-order valence-electron chi connectivity index (χ4n) is 1.79. The van der Waals surface area contributed by atoms with Crippen LogP contribution < -0.4 is 24.8 Å². The van der Waals surface area contributed by atoms with Crippen molar-refractivity contribution in [1.82, 2.24) is 0 Å². The first-order chi connectivity index (χ1) is 7.40. The number of ether oxygens (including phenoxy) is 1. The number of methoxy groups -OCH3 is 1. The van der Waals surface area contributed by atoms with Gasteiger partial charge in [0.15, 0.2) is 0 Å². The van der Waals surface area contributed by atoms with Gasteiger partial charge in [-0.1, -0.05) is 30.3 Å². The zero-order valence-corrected chi connectivity index (χ0v) is 13.3. The van der Waals surface area contributed by atoms with E-state index in [4.69, 9.17) is 4.74 Å². The Kier molecular flexibility index (Phi) is 12.2. The zero-order chi connectivity index (χ0) is 10.5. The SMILES string of the molecule is COC(Cc1ccccc1)C1=[C-]CC=C1.[Cl-].[Cl-].[Ti+3]. The molecule has 18 heavy (non-hydrogen) atoms. The summed E-state index contributed by atoms with van der Waals surface area (Å²) < 4.78 is 5.49. The summed E-state index contributed by atoms with van der Waals surface area (Å²) in [7, 11) is 1.76. The standard InChI is InChI=1S/C14H15O.2ClH.Ti/c1-15-14(13-9-5-6-10-13)11-12-7-3-2-4-8-12;;;/h2-5,7-9,14H,6,11H2,1H3;2*1H;/q-1;;;+3/p-2. The van der Waals surface area contributed by atoms with Crippen molar-refractivity contribution >= 4 is 0 Å². The van der Waals surface area contributed by atoms with Gasteiger partial charge < -0.3 is 29.6 Å². The predicted molar refractivity (Wildman–Crippen MR) is 61.5 cm³/mol. The Hall–Kier alpha value is -0.0457. The summed E-state index contributed by atoms with van der Waals surface area (Å²) in [6.45, 7) is 0. The quantitative estimate of drug-likeness (QED) is 0.423. The predicted octanol–water partition coefficient (Wildman–Crippen LogP) is -3.06. The van der Waals surface area contributed by atoms with Crippen molar-refractivity contribution in [2.75, 3.05) is 7.11 Å². The Balaban J connectivity index is 0. The van der Waals surface area contributed by atoms with Crippen molar-refractivity contribution in [3.8, 4) is 0 Å². The third kappa shape index (κ3) is 5.73. The van der Waals surface area contributed by atoms with Gasteiger partial charge >= 0.3 is 21.7 Å². The minimum Gasteiger partial charge on any atom is -1.00 e. The maximum Gasteiger partial charge on any atom is 3.00 e. The van der Waals surface area contributed by atoms with Crippen molar-refractivity contribution in [3.63, 3.8) is 0 Å². The van der Waals surface area contributed by atoms with E-state index >= 15 is 0 Å². The topological polar surface area (TPSA) is 9.23 Å². The molecule has 1 aliphatic rings. The van der Waals surface area contributed by atoms with Crippen LogP contribution in [0.15, 0.2) is 48.1 Å². The maximum atomic E-state index is 5.49. The van der Waals surface area contributed by atoms with Crippen LogP contribution in [0, 0.1) is 6.08 Å². The van der Waals surface area contributed by atoms with Crippen molar-refractivity contribution in [2.45, 2.75) is 18.9 Å². The number of rotatable bonds is 4. The molecule has 0 aliphatic heterocycles. The van der Waals surface area contributed by atoms with Crippen LogP contribution in [0.5, 0.6) is 0 Å². The summed E-state index contributed by atoms with van der Waals surface area (Å²) in [6.07, 6.45) is 9.52. The van der Waals surface area contributed by atoms with Crippen LogP contribution in [-0.2, 0) is 32.9 Å². The molecule has 1 aliphatic carbocycles. The summed E-state index contributed by atoms with van der Waals surface area (Å²) in [4.78, 5) is 0. The molecule has 1 atom stereocenters. The van der Waals surface area contributed by atoms with Crippen molar-refractivity contribution in [1.29, 1.82) is 0 Å². The molecule has 4 heteroatoms. The molecule has 1 unspecified atom stereocenters. The molecule has 1 nitrogen and oxygen atoms in total. The molecule has 1 radical (unpaired) electrons. The summed E-state index contributed by atoms with van der Waals surface area (Å²) in [5, 5.41) is 0. The van der Waals surface area contributed by atoms with E-state index in [-0.39, 0.29) is 52.6 Å². The van der Waals surface area contributed by atoms with E-state index in [2.05, 4.69) is 42.5 Å². The summed E-state index contributed by atoms with van der Waals surface area (Å²) in [5.41, 5.74) is 2.49. The van der Waals surface area contributed by atoms with E-state index in [1.165, 1.54) is 11.1 Å².